The van der Waals surface area contributed by atoms with Crippen molar-refractivity contribution in [2.75, 3.05) is 0 Å². The normalized spacial score (nSPS) is 10.9. The second kappa shape index (κ2) is 6.20. The molecule has 2 rings (SSSR count). The standard InChI is InChI=1S/C18H19N/c1-2-13-18(14-15-19,16-9-5-3-6-10-16)17-11-7-4-8-12-17/h3-12H,2,13-14H2,1H3. The zero-order chi connectivity index (χ0) is 13.6. The van der Waals surface area contributed by atoms with Gasteiger partial charge >= 0.3 is 0 Å². The summed E-state index contributed by atoms with van der Waals surface area (Å²) in [7, 11) is 0. The minimum Gasteiger partial charge on any atom is -0.198 e. The zero-order valence-electron chi connectivity index (χ0n) is 11.3. The van der Waals surface area contributed by atoms with Gasteiger partial charge in [0, 0.05) is 11.8 Å². The summed E-state index contributed by atoms with van der Waals surface area (Å²) in [6.45, 7) is 2.18. The van der Waals surface area contributed by atoms with Crippen molar-refractivity contribution in [2.24, 2.45) is 0 Å². The molecule has 0 atom stereocenters. The van der Waals surface area contributed by atoms with Gasteiger partial charge in [-0.3, -0.25) is 0 Å². The van der Waals surface area contributed by atoms with E-state index < -0.39 is 0 Å². The van der Waals surface area contributed by atoms with Gasteiger partial charge in [-0.1, -0.05) is 74.0 Å². The number of nitrogens with zero attached hydrogens (tertiary/aromatic N) is 1. The molecule has 0 fully saturated rings. The van der Waals surface area contributed by atoms with E-state index in [-0.39, 0.29) is 5.41 Å². The van der Waals surface area contributed by atoms with E-state index in [0.717, 1.165) is 12.8 Å². The Kier molecular flexibility index (Phi) is 4.36. The van der Waals surface area contributed by atoms with Crippen LogP contribution in [0.4, 0.5) is 0 Å². The Balaban J connectivity index is 2.58. The Labute approximate surface area is 115 Å². The van der Waals surface area contributed by atoms with Crippen molar-refractivity contribution in [1.82, 2.24) is 0 Å². The molecule has 0 aliphatic carbocycles. The van der Waals surface area contributed by atoms with Crippen LogP contribution in [0.1, 0.15) is 37.3 Å². The minimum absolute atomic E-state index is 0.175. The molecule has 2 aromatic rings. The first-order valence-corrected chi connectivity index (χ1v) is 6.81. The van der Waals surface area contributed by atoms with Gasteiger partial charge < -0.3 is 0 Å². The molecule has 0 aromatic heterocycles. The lowest BCUT2D eigenvalue weighted by Gasteiger charge is -2.33. The highest BCUT2D eigenvalue weighted by molar-refractivity contribution is 5.40. The molecule has 2 aromatic carbocycles. The molecule has 0 N–H and O–H groups in total. The zero-order valence-corrected chi connectivity index (χ0v) is 11.3. The second-order valence-corrected chi connectivity index (χ2v) is 4.90. The molecule has 0 saturated carbocycles. The lowest BCUT2D eigenvalue weighted by atomic mass is 9.69. The van der Waals surface area contributed by atoms with E-state index in [4.69, 9.17) is 0 Å². The van der Waals surface area contributed by atoms with E-state index in [9.17, 15) is 5.26 Å². The SMILES string of the molecule is CCCC(CC#N)(c1ccccc1)c1ccccc1. The smallest absolute Gasteiger partial charge is 0.0634 e. The number of rotatable bonds is 5. The van der Waals surface area contributed by atoms with E-state index in [1.807, 2.05) is 12.1 Å². The van der Waals surface area contributed by atoms with Gasteiger partial charge in [0.05, 0.1) is 6.07 Å². The Morgan fingerprint density at radius 2 is 1.37 bits per heavy atom. The first-order valence-electron chi connectivity index (χ1n) is 6.81. The van der Waals surface area contributed by atoms with Gasteiger partial charge in [0.25, 0.3) is 0 Å². The first kappa shape index (κ1) is 13.4. The van der Waals surface area contributed by atoms with E-state index in [2.05, 4.69) is 61.5 Å². The van der Waals surface area contributed by atoms with Crippen LogP contribution in [-0.4, -0.2) is 0 Å². The third-order valence-corrected chi connectivity index (χ3v) is 3.71. The van der Waals surface area contributed by atoms with Crippen LogP contribution in [0.5, 0.6) is 0 Å². The van der Waals surface area contributed by atoms with Gasteiger partial charge in [0.1, 0.15) is 0 Å². The fraction of sp³-hybridized carbons (Fsp3) is 0.278. The lowest BCUT2D eigenvalue weighted by Crippen LogP contribution is -2.27. The van der Waals surface area contributed by atoms with Gasteiger partial charge in [0.2, 0.25) is 0 Å². The Bertz CT molecular complexity index is 497. The average molecular weight is 249 g/mol. The number of benzene rings is 2. The summed E-state index contributed by atoms with van der Waals surface area (Å²) in [6.07, 6.45) is 2.58. The van der Waals surface area contributed by atoms with Crippen molar-refractivity contribution in [2.45, 2.75) is 31.6 Å². The molecule has 0 unspecified atom stereocenters. The third-order valence-electron chi connectivity index (χ3n) is 3.71. The maximum Gasteiger partial charge on any atom is 0.0634 e. The molecule has 0 heterocycles. The second-order valence-electron chi connectivity index (χ2n) is 4.90. The third kappa shape index (κ3) is 2.69. The number of hydrogen-bond donors (Lipinski definition) is 0. The number of nitriles is 1. The summed E-state index contributed by atoms with van der Waals surface area (Å²) in [4.78, 5) is 0. The predicted molar refractivity (Wildman–Crippen MR) is 78.8 cm³/mol. The summed E-state index contributed by atoms with van der Waals surface area (Å²) < 4.78 is 0. The quantitative estimate of drug-likeness (QED) is 0.754. The summed E-state index contributed by atoms with van der Waals surface area (Å²) in [5.74, 6) is 0. The Hall–Kier alpha value is -2.07. The van der Waals surface area contributed by atoms with Crippen molar-refractivity contribution in [3.8, 4) is 6.07 Å². The van der Waals surface area contributed by atoms with Crippen LogP contribution in [0, 0.1) is 11.3 Å². The van der Waals surface area contributed by atoms with Gasteiger partial charge in [0.15, 0.2) is 0 Å². The van der Waals surface area contributed by atoms with Crippen LogP contribution in [-0.2, 0) is 5.41 Å². The van der Waals surface area contributed by atoms with Crippen molar-refractivity contribution in [3.05, 3.63) is 71.8 Å². The molecule has 0 amide bonds. The summed E-state index contributed by atoms with van der Waals surface area (Å²) in [5, 5.41) is 9.30. The largest absolute Gasteiger partial charge is 0.198 e. The highest BCUT2D eigenvalue weighted by Crippen LogP contribution is 2.39. The van der Waals surface area contributed by atoms with Gasteiger partial charge in [-0.05, 0) is 17.5 Å². The van der Waals surface area contributed by atoms with E-state index in [1.165, 1.54) is 11.1 Å². The molecule has 0 saturated heterocycles. The maximum absolute atomic E-state index is 9.30. The molecule has 1 heteroatoms. The first-order chi connectivity index (χ1) is 9.33. The average Bonchev–Trinajstić information content (AvgIpc) is 2.49. The summed E-state index contributed by atoms with van der Waals surface area (Å²) >= 11 is 0. The van der Waals surface area contributed by atoms with Gasteiger partial charge in [-0.25, -0.2) is 0 Å². The van der Waals surface area contributed by atoms with Crippen LogP contribution in [0.3, 0.4) is 0 Å². The van der Waals surface area contributed by atoms with Crippen molar-refractivity contribution >= 4 is 0 Å². The van der Waals surface area contributed by atoms with E-state index >= 15 is 0 Å². The molecule has 0 bridgehead atoms. The van der Waals surface area contributed by atoms with E-state index in [1.54, 1.807) is 0 Å². The lowest BCUT2D eigenvalue weighted by molar-refractivity contribution is 0.475. The van der Waals surface area contributed by atoms with Gasteiger partial charge in [-0.2, -0.15) is 5.26 Å². The van der Waals surface area contributed by atoms with Crippen molar-refractivity contribution in [1.29, 1.82) is 5.26 Å². The highest BCUT2D eigenvalue weighted by Gasteiger charge is 2.32. The molecular formula is C18H19N. The molecule has 0 aliphatic rings. The van der Waals surface area contributed by atoms with Crippen LogP contribution < -0.4 is 0 Å². The van der Waals surface area contributed by atoms with Crippen LogP contribution >= 0.6 is 0 Å². The molecule has 0 aliphatic heterocycles. The molecule has 19 heavy (non-hydrogen) atoms. The molecule has 96 valence electrons. The Morgan fingerprint density at radius 1 is 0.895 bits per heavy atom. The molecule has 0 radical (unpaired) electrons. The topological polar surface area (TPSA) is 23.8 Å². The minimum atomic E-state index is -0.175. The highest BCUT2D eigenvalue weighted by atomic mass is 14.4. The van der Waals surface area contributed by atoms with Crippen LogP contribution in [0.15, 0.2) is 60.7 Å². The molecule has 0 spiro atoms. The monoisotopic (exact) mass is 249 g/mol. The maximum atomic E-state index is 9.30. The van der Waals surface area contributed by atoms with Crippen molar-refractivity contribution in [3.63, 3.8) is 0 Å². The van der Waals surface area contributed by atoms with Crippen LogP contribution in [0.25, 0.3) is 0 Å². The van der Waals surface area contributed by atoms with Crippen LogP contribution in [0.2, 0.25) is 0 Å². The summed E-state index contributed by atoms with van der Waals surface area (Å²) in [6, 6.07) is 23.2. The van der Waals surface area contributed by atoms with E-state index in [0.29, 0.717) is 6.42 Å². The molecule has 1 nitrogen and oxygen atoms in total. The van der Waals surface area contributed by atoms with Gasteiger partial charge in [-0.15, -0.1) is 0 Å². The van der Waals surface area contributed by atoms with Crippen molar-refractivity contribution < 1.29 is 0 Å². The predicted octanol–water partition coefficient (Wildman–Crippen LogP) is 4.69. The summed E-state index contributed by atoms with van der Waals surface area (Å²) in [5.41, 5.74) is 2.31. The fourth-order valence-electron chi connectivity index (χ4n) is 2.82. The number of hydrogen-bond acceptors (Lipinski definition) is 1. The fourth-order valence-corrected chi connectivity index (χ4v) is 2.82. The molecular weight excluding hydrogens is 230 g/mol. The Morgan fingerprint density at radius 3 is 1.74 bits per heavy atom.